The van der Waals surface area contributed by atoms with E-state index in [9.17, 15) is 13.2 Å². The Hall–Kier alpha value is -3.31. The van der Waals surface area contributed by atoms with Crippen LogP contribution in [0.3, 0.4) is 0 Å². The van der Waals surface area contributed by atoms with Crippen LogP contribution in [0.25, 0.3) is 0 Å². The van der Waals surface area contributed by atoms with Crippen molar-refractivity contribution in [2.45, 2.75) is 24.1 Å². The first kappa shape index (κ1) is 27.3. The second kappa shape index (κ2) is 11.8. The maximum atomic E-state index is 13.7. The smallest absolute Gasteiger partial charge is 0.264 e. The van der Waals surface area contributed by atoms with Crippen molar-refractivity contribution in [2.75, 3.05) is 44.3 Å². The van der Waals surface area contributed by atoms with Gasteiger partial charge < -0.3 is 19.5 Å². The van der Waals surface area contributed by atoms with Gasteiger partial charge in [-0.3, -0.25) is 14.0 Å². The summed E-state index contributed by atoms with van der Waals surface area (Å²) in [5, 5.41) is 3.26. The fourth-order valence-corrected chi connectivity index (χ4v) is 6.26. The maximum absolute atomic E-state index is 13.7. The van der Waals surface area contributed by atoms with Gasteiger partial charge in [-0.25, -0.2) is 8.42 Å². The topological polar surface area (TPSA) is 97.4 Å². The highest BCUT2D eigenvalue weighted by Crippen LogP contribution is 2.39. The molecule has 0 bridgehead atoms. The number of hydrogen-bond donors (Lipinski definition) is 1. The molecule has 1 amide bonds. The second-order valence-electron chi connectivity index (χ2n) is 9.36. The Bertz CT molecular complexity index is 1430. The van der Waals surface area contributed by atoms with E-state index in [4.69, 9.17) is 25.8 Å². The molecule has 1 N–H and O–H groups in total. The number of sulfonamides is 1. The molecule has 1 unspecified atom stereocenters. The van der Waals surface area contributed by atoms with E-state index in [1.54, 1.807) is 24.3 Å². The van der Waals surface area contributed by atoms with Gasteiger partial charge in [-0.2, -0.15) is 0 Å². The average molecular weight is 572 g/mol. The fraction of sp³-hybridized carbons (Fsp3) is 0.321. The Morgan fingerprint density at radius 2 is 1.79 bits per heavy atom. The number of amides is 1. The minimum absolute atomic E-state index is 0.0624. The van der Waals surface area contributed by atoms with Crippen molar-refractivity contribution in [3.63, 3.8) is 0 Å². The monoisotopic (exact) mass is 571 g/mol. The number of fused-ring (bicyclic) bond motifs is 1. The molecule has 0 spiro atoms. The van der Waals surface area contributed by atoms with Gasteiger partial charge in [0.25, 0.3) is 15.9 Å². The molecule has 3 aromatic rings. The molecule has 9 nitrogen and oxygen atoms in total. The van der Waals surface area contributed by atoms with Crippen molar-refractivity contribution in [3.8, 4) is 11.5 Å². The lowest BCUT2D eigenvalue weighted by atomic mass is 10.1. The zero-order valence-corrected chi connectivity index (χ0v) is 23.1. The molecule has 2 heterocycles. The van der Waals surface area contributed by atoms with Gasteiger partial charge in [0.2, 0.25) is 0 Å². The fourth-order valence-electron chi connectivity index (χ4n) is 4.62. The van der Waals surface area contributed by atoms with E-state index in [2.05, 4.69) is 22.3 Å². The lowest BCUT2D eigenvalue weighted by Crippen LogP contribution is -2.50. The highest BCUT2D eigenvalue weighted by Gasteiger charge is 2.37. The van der Waals surface area contributed by atoms with Gasteiger partial charge in [0, 0.05) is 31.2 Å². The summed E-state index contributed by atoms with van der Waals surface area (Å²) in [7, 11) is -2.52. The van der Waals surface area contributed by atoms with Crippen LogP contribution in [0.2, 0.25) is 5.02 Å². The Balaban J connectivity index is 1.31. The molecule has 2 aliphatic rings. The molecule has 39 heavy (non-hydrogen) atoms. The van der Waals surface area contributed by atoms with E-state index in [1.165, 1.54) is 29.6 Å². The Morgan fingerprint density at radius 1 is 1.05 bits per heavy atom. The number of morpholine rings is 1. The zero-order valence-electron chi connectivity index (χ0n) is 21.5. The van der Waals surface area contributed by atoms with Crippen molar-refractivity contribution in [1.82, 2.24) is 10.2 Å². The lowest BCUT2D eigenvalue weighted by molar-refractivity contribution is -0.127. The number of carbonyl (C=O) groups is 1. The SMILES string of the molecule is COc1ccc(S(=O)(=O)N2CC(C(=O)NCc3cccc(CN4CCOCC4)c3)Oc3ccc(Cl)cc32)cc1. The third-order valence-electron chi connectivity index (χ3n) is 6.70. The van der Waals surface area contributed by atoms with E-state index in [1.807, 2.05) is 12.1 Å². The first-order chi connectivity index (χ1) is 18.8. The van der Waals surface area contributed by atoms with Crippen LogP contribution < -0.4 is 19.1 Å². The van der Waals surface area contributed by atoms with Crippen molar-refractivity contribution in [2.24, 2.45) is 0 Å². The number of nitrogens with one attached hydrogen (secondary N) is 1. The quantitative estimate of drug-likeness (QED) is 0.442. The van der Waals surface area contributed by atoms with Crippen molar-refractivity contribution < 1.29 is 27.4 Å². The molecule has 3 aromatic carbocycles. The van der Waals surface area contributed by atoms with E-state index >= 15 is 0 Å². The highest BCUT2D eigenvalue weighted by atomic mass is 35.5. The second-order valence-corrected chi connectivity index (χ2v) is 11.7. The molecule has 1 fully saturated rings. The molecule has 206 valence electrons. The van der Waals surface area contributed by atoms with Crippen LogP contribution in [-0.2, 0) is 32.6 Å². The minimum Gasteiger partial charge on any atom is -0.497 e. The third kappa shape index (κ3) is 6.30. The molecule has 0 aromatic heterocycles. The van der Waals surface area contributed by atoms with Crippen molar-refractivity contribution >= 4 is 33.2 Å². The van der Waals surface area contributed by atoms with Crippen molar-refractivity contribution in [3.05, 3.63) is 82.9 Å². The normalized spacial score (nSPS) is 17.7. The minimum atomic E-state index is -4.02. The van der Waals surface area contributed by atoms with Gasteiger partial charge in [-0.1, -0.05) is 35.9 Å². The standard InChI is InChI=1S/C28H30ClN3O6S/c1-36-23-6-8-24(9-7-23)39(34,35)32-19-27(38-26-10-5-22(29)16-25(26)32)28(33)30-17-20-3-2-4-21(15-20)18-31-11-13-37-14-12-31/h2-10,15-16,27H,11-14,17-19H2,1H3,(H,30,33). The van der Waals surface area contributed by atoms with E-state index in [0.29, 0.717) is 10.8 Å². The van der Waals surface area contributed by atoms with Gasteiger partial charge in [-0.05, 0) is 53.6 Å². The first-order valence-corrected chi connectivity index (χ1v) is 14.4. The van der Waals surface area contributed by atoms with Crippen LogP contribution in [0.5, 0.6) is 11.5 Å². The molecule has 1 saturated heterocycles. The summed E-state index contributed by atoms with van der Waals surface area (Å²) in [4.78, 5) is 15.6. The summed E-state index contributed by atoms with van der Waals surface area (Å²) in [6, 6.07) is 18.8. The van der Waals surface area contributed by atoms with Crippen LogP contribution in [-0.4, -0.2) is 65.3 Å². The molecule has 0 radical (unpaired) electrons. The molecule has 11 heteroatoms. The van der Waals surface area contributed by atoms with Gasteiger partial charge in [0.05, 0.1) is 37.5 Å². The van der Waals surface area contributed by atoms with Crippen LogP contribution in [0.15, 0.2) is 71.6 Å². The van der Waals surface area contributed by atoms with Gasteiger partial charge in [0.1, 0.15) is 11.5 Å². The van der Waals surface area contributed by atoms with E-state index in [-0.39, 0.29) is 29.4 Å². The largest absolute Gasteiger partial charge is 0.497 e. The zero-order chi connectivity index (χ0) is 27.4. The molecule has 1 atom stereocenters. The molecule has 2 aliphatic heterocycles. The molecule has 0 saturated carbocycles. The van der Waals surface area contributed by atoms with Crippen LogP contribution >= 0.6 is 11.6 Å². The average Bonchev–Trinajstić information content (AvgIpc) is 2.96. The third-order valence-corrected chi connectivity index (χ3v) is 8.73. The summed E-state index contributed by atoms with van der Waals surface area (Å²) in [6.45, 7) is 4.15. The molecular weight excluding hydrogens is 542 g/mol. The number of hydrogen-bond acceptors (Lipinski definition) is 7. The van der Waals surface area contributed by atoms with Crippen molar-refractivity contribution in [1.29, 1.82) is 0 Å². The Kier molecular flexibility index (Phi) is 8.27. The number of anilines is 1. The molecule has 0 aliphatic carbocycles. The first-order valence-electron chi connectivity index (χ1n) is 12.6. The number of ether oxygens (including phenoxy) is 3. The van der Waals surface area contributed by atoms with Gasteiger partial charge >= 0.3 is 0 Å². The number of benzene rings is 3. The summed E-state index contributed by atoms with van der Waals surface area (Å²) in [6.07, 6.45) is -1.05. The predicted octanol–water partition coefficient (Wildman–Crippen LogP) is 3.45. The number of nitrogens with zero attached hydrogens (tertiary/aromatic N) is 2. The summed E-state index contributed by atoms with van der Waals surface area (Å²) < 4.78 is 45.0. The summed E-state index contributed by atoms with van der Waals surface area (Å²) in [5.74, 6) is 0.380. The lowest BCUT2D eigenvalue weighted by Gasteiger charge is -2.35. The van der Waals surface area contributed by atoms with Gasteiger partial charge in [0.15, 0.2) is 6.10 Å². The Morgan fingerprint density at radius 3 is 2.54 bits per heavy atom. The summed E-state index contributed by atoms with van der Waals surface area (Å²) >= 11 is 6.19. The number of halogens is 1. The Labute approximate surface area is 233 Å². The van der Waals surface area contributed by atoms with Gasteiger partial charge in [-0.15, -0.1) is 0 Å². The van der Waals surface area contributed by atoms with Crippen LogP contribution in [0.4, 0.5) is 5.69 Å². The number of rotatable bonds is 8. The molecular formula is C28H30ClN3O6S. The van der Waals surface area contributed by atoms with Crippen LogP contribution in [0.1, 0.15) is 11.1 Å². The highest BCUT2D eigenvalue weighted by molar-refractivity contribution is 7.92. The number of methoxy groups -OCH3 is 1. The number of carbonyl (C=O) groups excluding carboxylic acids is 1. The van der Waals surface area contributed by atoms with E-state index in [0.717, 1.165) is 44.0 Å². The molecule has 5 rings (SSSR count). The predicted molar refractivity (Wildman–Crippen MR) is 148 cm³/mol. The van der Waals surface area contributed by atoms with E-state index < -0.39 is 22.0 Å². The summed E-state index contributed by atoms with van der Waals surface area (Å²) in [5.41, 5.74) is 2.37. The van der Waals surface area contributed by atoms with Crippen LogP contribution in [0, 0.1) is 0 Å². The maximum Gasteiger partial charge on any atom is 0.264 e.